The minimum atomic E-state index is -3.95. The molecule has 0 atom stereocenters. The fourth-order valence-corrected chi connectivity index (χ4v) is 21.0. The van der Waals surface area contributed by atoms with Crippen LogP contribution in [0.15, 0.2) is 303 Å². The van der Waals surface area contributed by atoms with E-state index in [-0.39, 0.29) is 9.79 Å². The van der Waals surface area contributed by atoms with Crippen molar-refractivity contribution in [3.8, 4) is 22.3 Å². The molecule has 1 N–H and O–H groups in total. The van der Waals surface area contributed by atoms with Crippen LogP contribution in [-0.2, 0) is 25.6 Å². The molecule has 7 aromatic carbocycles. The summed E-state index contributed by atoms with van der Waals surface area (Å²) in [6.07, 6.45) is 14.0. The van der Waals surface area contributed by atoms with Crippen molar-refractivity contribution in [3.05, 3.63) is 291 Å². The molecule has 12 nitrogen and oxygen atoms in total. The number of H-pyrrole nitrogens is 1. The van der Waals surface area contributed by atoms with Crippen LogP contribution in [0.3, 0.4) is 0 Å². The molecule has 0 unspecified atom stereocenters. The molecule has 17 heteroatoms. The third-order valence-corrected chi connectivity index (χ3v) is 25.5. The number of nitrogens with one attached hydrogen (secondary N) is 1. The topological polar surface area (TPSA) is 150 Å². The van der Waals surface area contributed by atoms with E-state index in [0.29, 0.717) is 22.2 Å². The fourth-order valence-electron chi connectivity index (χ4n) is 12.0. The molecule has 13 rings (SSSR count). The summed E-state index contributed by atoms with van der Waals surface area (Å²) in [5, 5.41) is 13.3. The summed E-state index contributed by atoms with van der Waals surface area (Å²) in [6.45, 7) is 14.3. The summed E-state index contributed by atoms with van der Waals surface area (Å²) in [5.74, 6) is 0. The lowest BCUT2D eigenvalue weighted by atomic mass is 9.77. The Bertz CT molecular complexity index is 4550. The van der Waals surface area contributed by atoms with Crippen LogP contribution in [0.5, 0.6) is 0 Å². The highest BCUT2D eigenvalue weighted by Gasteiger charge is 2.40. The highest BCUT2D eigenvalue weighted by atomic mass is 32.2. The van der Waals surface area contributed by atoms with Crippen LogP contribution in [0.4, 0.5) is 0 Å². The molecule has 448 valence electrons. The van der Waals surface area contributed by atoms with Gasteiger partial charge in [0.05, 0.1) is 22.2 Å². The van der Waals surface area contributed by atoms with E-state index in [1.807, 2.05) is 144 Å². The quantitative estimate of drug-likeness (QED) is 0.0689. The third-order valence-electron chi connectivity index (χ3n) is 15.7. The highest BCUT2D eigenvalue weighted by molar-refractivity contribution is 7.99. The number of fused-ring (bicyclic) bond motifs is 2. The average molecular weight is 1270 g/mol. The Labute approximate surface area is 531 Å². The molecule has 0 radical (unpaired) electrons. The van der Waals surface area contributed by atoms with Crippen molar-refractivity contribution in [1.29, 1.82) is 0 Å². The maximum Gasteiger partial charge on any atom is 0.269 e. The zero-order valence-electron chi connectivity index (χ0n) is 50.2. The van der Waals surface area contributed by atoms with Crippen LogP contribution in [0.2, 0.25) is 16.6 Å². The predicted molar refractivity (Wildman–Crippen MR) is 364 cm³/mol. The van der Waals surface area contributed by atoms with E-state index in [9.17, 15) is 16.8 Å². The zero-order valence-corrected chi connectivity index (χ0v) is 54.6. The first-order valence-electron chi connectivity index (χ1n) is 29.4. The van der Waals surface area contributed by atoms with Crippen molar-refractivity contribution in [2.24, 2.45) is 0 Å². The summed E-state index contributed by atoms with van der Waals surface area (Å²) in [6, 6.07) is 71.9. The Kier molecular flexibility index (Phi) is 18.9. The number of aromatic nitrogens is 8. The summed E-state index contributed by atoms with van der Waals surface area (Å²) >= 11 is 3.16. The van der Waals surface area contributed by atoms with Crippen LogP contribution in [0.25, 0.3) is 44.3 Å². The molecule has 89 heavy (non-hydrogen) atoms. The molecule has 0 fully saturated rings. The van der Waals surface area contributed by atoms with Gasteiger partial charge in [0.1, 0.15) is 5.54 Å². The summed E-state index contributed by atoms with van der Waals surface area (Å²) < 4.78 is 59.3. The first kappa shape index (κ1) is 61.8. The number of hydrogen-bond donors (Lipinski definition) is 1. The third kappa shape index (κ3) is 13.2. The van der Waals surface area contributed by atoms with Crippen molar-refractivity contribution >= 4 is 74.4 Å². The predicted octanol–water partition coefficient (Wildman–Crippen LogP) is 17.4. The van der Waals surface area contributed by atoms with Crippen LogP contribution < -0.4 is 0 Å². The monoisotopic (exact) mass is 1260 g/mol. The lowest BCUT2D eigenvalue weighted by Gasteiger charge is -2.36. The normalized spacial score (nSPS) is 11.9. The van der Waals surface area contributed by atoms with E-state index < -0.39 is 34.4 Å². The van der Waals surface area contributed by atoms with E-state index in [0.717, 1.165) is 75.0 Å². The smallest absolute Gasteiger partial charge is 0.269 e. The van der Waals surface area contributed by atoms with Crippen molar-refractivity contribution in [1.82, 2.24) is 37.9 Å². The number of pyridine rings is 2. The van der Waals surface area contributed by atoms with Gasteiger partial charge in [0.25, 0.3) is 20.0 Å². The van der Waals surface area contributed by atoms with E-state index in [1.165, 1.54) is 7.94 Å². The molecule has 0 bridgehead atoms. The van der Waals surface area contributed by atoms with Gasteiger partial charge in [0.15, 0.2) is 11.3 Å². The van der Waals surface area contributed by atoms with Gasteiger partial charge in [-0.2, -0.15) is 10.2 Å². The van der Waals surface area contributed by atoms with Gasteiger partial charge in [-0.25, -0.2) is 34.7 Å². The lowest BCUT2D eigenvalue weighted by Crippen LogP contribution is -2.38. The van der Waals surface area contributed by atoms with Crippen molar-refractivity contribution in [3.63, 3.8) is 0 Å². The maximum absolute atomic E-state index is 14.1. The first-order chi connectivity index (χ1) is 43.1. The van der Waals surface area contributed by atoms with Gasteiger partial charge in [-0.1, -0.05) is 245 Å². The standard InChI is InChI=1S/C41H30N4O2S2.C22H16N4O2S2.C9H22Si/c46-49(47,37-24-14-5-15-25-37)44-30-39(38-26-36(28-42-40(38)44)48-35-22-12-4-13-23-35)31-27-43-45(29-31)41(32-16-6-1-7-17-32,33-18-8-2-9-19-33)34-20-10-3-11-21-34;27-30(28,19-9-5-2-6-10-19)26-15-21(16-12-24-25-13-16)20-11-18(14-23-22(20)26)29-17-7-3-1-4-8-17;1-7(2)10(8(3)4)9(5)6/h1-30H;1-15H,(H,24,25);7-10H,1-6H3. The minimum Gasteiger partial charge on any atom is -0.285 e. The number of benzene rings is 7. The molecular weight excluding hydrogens is 1200 g/mol. The lowest BCUT2D eigenvalue weighted by molar-refractivity contribution is 0.460. The first-order valence-corrected chi connectivity index (χ1v) is 36.0. The highest BCUT2D eigenvalue weighted by Crippen LogP contribution is 2.43. The SMILES string of the molecule is CC(C)[SiH](C(C)C)C(C)C.O=S(=O)(c1ccccc1)n1cc(-c2cn[nH]c2)c2cc(Sc3ccccc3)cnc21.O=S(=O)(c1ccccc1)n1cc(-c2cnn(C(c3ccccc3)(c3ccccc3)c3ccccc3)c2)c2cc(Sc3ccccc3)cnc21. The molecule has 0 amide bonds. The molecule has 6 aromatic heterocycles. The second-order valence-electron chi connectivity index (χ2n) is 22.5. The Balaban J connectivity index is 0.000000172. The van der Waals surface area contributed by atoms with Gasteiger partial charge in [0.2, 0.25) is 0 Å². The molecule has 0 spiro atoms. The van der Waals surface area contributed by atoms with E-state index in [4.69, 9.17) is 10.1 Å². The van der Waals surface area contributed by atoms with Crippen molar-refractivity contribution < 1.29 is 16.8 Å². The van der Waals surface area contributed by atoms with Gasteiger partial charge >= 0.3 is 0 Å². The fraction of sp³-hybridized carbons (Fsp3) is 0.139. The Morgan fingerprint density at radius 3 is 1.13 bits per heavy atom. The molecule has 0 saturated carbocycles. The number of nitrogens with zero attached hydrogens (tertiary/aromatic N) is 7. The Morgan fingerprint density at radius 1 is 0.427 bits per heavy atom. The van der Waals surface area contributed by atoms with Crippen LogP contribution in [0.1, 0.15) is 58.2 Å². The zero-order chi connectivity index (χ0) is 62.1. The Morgan fingerprint density at radius 2 is 0.787 bits per heavy atom. The largest absolute Gasteiger partial charge is 0.285 e. The molecule has 0 aliphatic rings. The molecule has 6 heterocycles. The van der Waals surface area contributed by atoms with Crippen molar-refractivity contribution in [2.45, 2.75) is 93.1 Å². The minimum absolute atomic E-state index is 0.190. The van der Waals surface area contributed by atoms with Crippen LogP contribution >= 0.6 is 23.5 Å². The van der Waals surface area contributed by atoms with Crippen LogP contribution in [0, 0.1) is 0 Å². The van der Waals surface area contributed by atoms with E-state index >= 15 is 0 Å². The second-order valence-corrected chi connectivity index (χ2v) is 33.6. The number of aromatic amines is 1. The van der Waals surface area contributed by atoms with Gasteiger partial charge in [-0.15, -0.1) is 0 Å². The summed E-state index contributed by atoms with van der Waals surface area (Å²) in [5.41, 5.74) is 8.99. The Hall–Kier alpha value is -8.84. The average Bonchev–Trinajstić information content (AvgIpc) is 1.75. The molecule has 0 saturated heterocycles. The number of hydrogen-bond acceptors (Lipinski definition) is 10. The van der Waals surface area contributed by atoms with E-state index in [2.05, 4.69) is 93.1 Å². The van der Waals surface area contributed by atoms with Gasteiger partial charge < -0.3 is 0 Å². The van der Waals surface area contributed by atoms with Gasteiger partial charge in [-0.3, -0.25) is 9.78 Å². The summed E-state index contributed by atoms with van der Waals surface area (Å²) in [4.78, 5) is 13.7. The van der Waals surface area contributed by atoms with Gasteiger partial charge in [0, 0.05) is 98.6 Å². The summed E-state index contributed by atoms with van der Waals surface area (Å²) in [7, 11) is -8.20. The molecular formula is C72H68N8O4S4Si. The molecule has 0 aliphatic heterocycles. The maximum atomic E-state index is 14.1. The second kappa shape index (κ2) is 27.3. The number of rotatable bonds is 17. The molecule has 13 aromatic rings. The molecule has 0 aliphatic carbocycles. The van der Waals surface area contributed by atoms with Gasteiger partial charge in [-0.05, 0) is 77.4 Å². The van der Waals surface area contributed by atoms with Crippen molar-refractivity contribution in [2.75, 3.05) is 0 Å². The van der Waals surface area contributed by atoms with Crippen LogP contribution in [-0.4, -0.2) is 63.5 Å². The van der Waals surface area contributed by atoms with E-state index in [1.54, 1.807) is 121 Å².